The molecule has 1 saturated heterocycles. The van der Waals surface area contributed by atoms with E-state index >= 15 is 0 Å². The van der Waals surface area contributed by atoms with Crippen LogP contribution in [0.15, 0.2) is 42.5 Å². The molecule has 134 valence electrons. The Labute approximate surface area is 144 Å². The van der Waals surface area contributed by atoms with Gasteiger partial charge in [-0.15, -0.1) is 0 Å². The SMILES string of the molecule is OC(CNCC1CNNC1c1ccc(F)cc1)c1ccc(F)cc1F. The molecule has 1 aliphatic heterocycles. The van der Waals surface area contributed by atoms with Gasteiger partial charge in [0.15, 0.2) is 0 Å². The van der Waals surface area contributed by atoms with Crippen LogP contribution in [0.25, 0.3) is 0 Å². The minimum absolute atomic E-state index is 0.00722. The molecule has 3 atom stereocenters. The molecule has 4 N–H and O–H groups in total. The molecule has 0 aliphatic carbocycles. The summed E-state index contributed by atoms with van der Waals surface area (Å²) in [6.45, 7) is 1.42. The number of halogens is 3. The highest BCUT2D eigenvalue weighted by Crippen LogP contribution is 2.25. The summed E-state index contributed by atoms with van der Waals surface area (Å²) in [7, 11) is 0. The van der Waals surface area contributed by atoms with Gasteiger partial charge in [0, 0.05) is 37.2 Å². The molecule has 0 amide bonds. The van der Waals surface area contributed by atoms with Crippen LogP contribution in [-0.4, -0.2) is 24.7 Å². The summed E-state index contributed by atoms with van der Waals surface area (Å²) in [5.41, 5.74) is 7.25. The van der Waals surface area contributed by atoms with Gasteiger partial charge in [-0.05, 0) is 23.8 Å². The number of rotatable bonds is 6. The van der Waals surface area contributed by atoms with Gasteiger partial charge in [0.05, 0.1) is 12.1 Å². The summed E-state index contributed by atoms with van der Waals surface area (Å²) in [6, 6.07) is 9.43. The van der Waals surface area contributed by atoms with E-state index in [0.717, 1.165) is 17.7 Å². The monoisotopic (exact) mass is 351 g/mol. The fraction of sp³-hybridized carbons (Fsp3) is 0.333. The molecule has 3 rings (SSSR count). The molecule has 3 unspecified atom stereocenters. The van der Waals surface area contributed by atoms with E-state index in [1.165, 1.54) is 18.2 Å². The molecular weight excluding hydrogens is 331 g/mol. The highest BCUT2D eigenvalue weighted by Gasteiger charge is 2.28. The van der Waals surface area contributed by atoms with Crippen LogP contribution in [0, 0.1) is 23.4 Å². The lowest BCUT2D eigenvalue weighted by molar-refractivity contribution is 0.167. The first-order valence-corrected chi connectivity index (χ1v) is 8.12. The summed E-state index contributed by atoms with van der Waals surface area (Å²) < 4.78 is 39.6. The second kappa shape index (κ2) is 7.97. The minimum atomic E-state index is -1.06. The quantitative estimate of drug-likeness (QED) is 0.645. The van der Waals surface area contributed by atoms with E-state index in [0.29, 0.717) is 13.1 Å². The van der Waals surface area contributed by atoms with Crippen LogP contribution in [0.5, 0.6) is 0 Å². The maximum absolute atomic E-state index is 13.7. The molecule has 1 fully saturated rings. The normalized spacial score (nSPS) is 21.4. The average Bonchev–Trinajstić information content (AvgIpc) is 3.04. The van der Waals surface area contributed by atoms with Gasteiger partial charge >= 0.3 is 0 Å². The van der Waals surface area contributed by atoms with Gasteiger partial charge < -0.3 is 10.4 Å². The van der Waals surface area contributed by atoms with Crippen LogP contribution in [0.4, 0.5) is 13.2 Å². The zero-order valence-corrected chi connectivity index (χ0v) is 13.5. The predicted octanol–water partition coefficient (Wildman–Crippen LogP) is 2.19. The van der Waals surface area contributed by atoms with Crippen molar-refractivity contribution < 1.29 is 18.3 Å². The van der Waals surface area contributed by atoms with Crippen molar-refractivity contribution in [2.75, 3.05) is 19.6 Å². The van der Waals surface area contributed by atoms with Crippen LogP contribution in [-0.2, 0) is 0 Å². The summed E-state index contributed by atoms with van der Waals surface area (Å²) >= 11 is 0. The first-order valence-electron chi connectivity index (χ1n) is 8.12. The van der Waals surface area contributed by atoms with Crippen molar-refractivity contribution in [3.63, 3.8) is 0 Å². The van der Waals surface area contributed by atoms with E-state index in [2.05, 4.69) is 16.2 Å². The smallest absolute Gasteiger partial charge is 0.131 e. The summed E-state index contributed by atoms with van der Waals surface area (Å²) in [5.74, 6) is -1.54. The summed E-state index contributed by atoms with van der Waals surface area (Å²) in [4.78, 5) is 0. The van der Waals surface area contributed by atoms with E-state index in [1.54, 1.807) is 12.1 Å². The third-order valence-corrected chi connectivity index (χ3v) is 4.39. The first-order chi connectivity index (χ1) is 12.0. The van der Waals surface area contributed by atoms with Gasteiger partial charge in [0.25, 0.3) is 0 Å². The van der Waals surface area contributed by atoms with E-state index in [-0.39, 0.29) is 29.9 Å². The van der Waals surface area contributed by atoms with Crippen molar-refractivity contribution in [2.45, 2.75) is 12.1 Å². The minimum Gasteiger partial charge on any atom is -0.387 e. The first kappa shape index (κ1) is 17.9. The molecule has 1 heterocycles. The number of hydrazine groups is 1. The Kier molecular flexibility index (Phi) is 5.70. The Morgan fingerprint density at radius 1 is 1.08 bits per heavy atom. The molecule has 0 aromatic heterocycles. The maximum atomic E-state index is 13.7. The molecule has 1 aliphatic rings. The van der Waals surface area contributed by atoms with E-state index in [1.807, 2.05) is 0 Å². The number of aliphatic hydroxyl groups excluding tert-OH is 1. The third-order valence-electron chi connectivity index (χ3n) is 4.39. The highest BCUT2D eigenvalue weighted by atomic mass is 19.1. The molecule has 0 spiro atoms. The predicted molar refractivity (Wildman–Crippen MR) is 88.0 cm³/mol. The molecule has 2 aromatic carbocycles. The van der Waals surface area contributed by atoms with Crippen LogP contribution in [0.1, 0.15) is 23.3 Å². The van der Waals surface area contributed by atoms with Crippen molar-refractivity contribution in [3.8, 4) is 0 Å². The second-order valence-corrected chi connectivity index (χ2v) is 6.15. The Balaban J connectivity index is 1.54. The lowest BCUT2D eigenvalue weighted by atomic mass is 9.95. The number of hydrogen-bond acceptors (Lipinski definition) is 4. The van der Waals surface area contributed by atoms with Crippen LogP contribution in [0.2, 0.25) is 0 Å². The zero-order chi connectivity index (χ0) is 17.8. The van der Waals surface area contributed by atoms with E-state index in [9.17, 15) is 18.3 Å². The van der Waals surface area contributed by atoms with Gasteiger partial charge in [-0.3, -0.25) is 5.43 Å². The van der Waals surface area contributed by atoms with Crippen molar-refractivity contribution >= 4 is 0 Å². The molecule has 0 radical (unpaired) electrons. The molecule has 0 bridgehead atoms. The molecule has 0 saturated carbocycles. The molecular formula is C18H20F3N3O. The lowest BCUT2D eigenvalue weighted by Crippen LogP contribution is -2.31. The van der Waals surface area contributed by atoms with Crippen molar-refractivity contribution in [1.29, 1.82) is 0 Å². The Morgan fingerprint density at radius 2 is 1.80 bits per heavy atom. The fourth-order valence-electron chi connectivity index (χ4n) is 3.04. The summed E-state index contributed by atoms with van der Waals surface area (Å²) in [5, 5.41) is 13.2. The van der Waals surface area contributed by atoms with Gasteiger partial charge in [-0.2, -0.15) is 0 Å². The standard InChI is InChI=1S/C18H20F3N3O/c19-13-3-1-11(2-4-13)18-12(9-23-24-18)8-22-10-17(25)15-6-5-14(20)7-16(15)21/h1-7,12,17-18,22-25H,8-10H2. The van der Waals surface area contributed by atoms with Crippen molar-refractivity contribution in [1.82, 2.24) is 16.2 Å². The molecule has 7 heteroatoms. The Bertz CT molecular complexity index is 711. The van der Waals surface area contributed by atoms with Crippen LogP contribution < -0.4 is 16.2 Å². The topological polar surface area (TPSA) is 56.3 Å². The van der Waals surface area contributed by atoms with Crippen LogP contribution in [0.3, 0.4) is 0 Å². The van der Waals surface area contributed by atoms with E-state index < -0.39 is 17.7 Å². The third kappa shape index (κ3) is 4.38. The largest absolute Gasteiger partial charge is 0.387 e. The van der Waals surface area contributed by atoms with Gasteiger partial charge in [-0.1, -0.05) is 18.2 Å². The van der Waals surface area contributed by atoms with Gasteiger partial charge in [0.2, 0.25) is 0 Å². The van der Waals surface area contributed by atoms with Gasteiger partial charge in [0.1, 0.15) is 17.5 Å². The molecule has 25 heavy (non-hydrogen) atoms. The summed E-state index contributed by atoms with van der Waals surface area (Å²) in [6.07, 6.45) is -1.06. The molecule has 2 aromatic rings. The van der Waals surface area contributed by atoms with Crippen molar-refractivity contribution in [3.05, 3.63) is 71.0 Å². The Hall–Kier alpha value is -1.93. The Morgan fingerprint density at radius 3 is 2.52 bits per heavy atom. The fourth-order valence-corrected chi connectivity index (χ4v) is 3.04. The lowest BCUT2D eigenvalue weighted by Gasteiger charge is -2.20. The molecule has 4 nitrogen and oxygen atoms in total. The maximum Gasteiger partial charge on any atom is 0.131 e. The number of benzene rings is 2. The highest BCUT2D eigenvalue weighted by molar-refractivity contribution is 5.22. The number of nitrogens with one attached hydrogen (secondary N) is 3. The van der Waals surface area contributed by atoms with E-state index in [4.69, 9.17) is 0 Å². The van der Waals surface area contributed by atoms with Gasteiger partial charge in [-0.25, -0.2) is 18.6 Å². The second-order valence-electron chi connectivity index (χ2n) is 6.15. The zero-order valence-electron chi connectivity index (χ0n) is 13.5. The van der Waals surface area contributed by atoms with Crippen molar-refractivity contribution in [2.24, 2.45) is 5.92 Å². The average molecular weight is 351 g/mol. The van der Waals surface area contributed by atoms with Crippen LogP contribution >= 0.6 is 0 Å². The number of aliphatic hydroxyl groups is 1. The number of hydrogen-bond donors (Lipinski definition) is 4.